The van der Waals surface area contributed by atoms with Crippen molar-refractivity contribution in [2.75, 3.05) is 44.2 Å². The molecule has 0 spiro atoms. The van der Waals surface area contributed by atoms with Crippen LogP contribution in [0.4, 0.5) is 0 Å². The van der Waals surface area contributed by atoms with Crippen molar-refractivity contribution in [3.63, 3.8) is 0 Å². The molecule has 2 bridgehead atoms. The van der Waals surface area contributed by atoms with Crippen LogP contribution in [0.2, 0.25) is 0 Å². The zero-order chi connectivity index (χ0) is 70.8. The van der Waals surface area contributed by atoms with Gasteiger partial charge in [-0.15, -0.1) is 0 Å². The molecule has 4 rings (SSSR count). The second-order valence-electron chi connectivity index (χ2n) is 23.5. The van der Waals surface area contributed by atoms with E-state index in [0.29, 0.717) is 5.56 Å². The van der Waals surface area contributed by atoms with Crippen molar-refractivity contribution in [1.29, 1.82) is 0 Å². The molecule has 12 atom stereocenters. The molecule has 0 saturated carbocycles. The Hall–Kier alpha value is -9.29. The molecule has 19 N–H and O–H groups in total. The number of rotatable bonds is 11. The van der Waals surface area contributed by atoms with Crippen molar-refractivity contribution >= 4 is 122 Å². The van der Waals surface area contributed by atoms with Gasteiger partial charge in [0.1, 0.15) is 72.2 Å². The van der Waals surface area contributed by atoms with E-state index in [1.165, 1.54) is 45.0 Å². The van der Waals surface area contributed by atoms with Gasteiger partial charge in [0.25, 0.3) is 0 Å². The molecule has 37 heteroatoms. The van der Waals surface area contributed by atoms with Crippen LogP contribution in [0.1, 0.15) is 99.0 Å². The van der Waals surface area contributed by atoms with Crippen molar-refractivity contribution in [2.24, 2.45) is 23.3 Å². The van der Waals surface area contributed by atoms with Gasteiger partial charge in [-0.05, 0) is 76.0 Å². The number of carbonyl (C=O) groups excluding carboxylic acids is 17. The highest BCUT2D eigenvalue weighted by Crippen LogP contribution is 2.27. The normalized spacial score (nSPS) is 27.1. The van der Waals surface area contributed by atoms with Crippen LogP contribution in [-0.4, -0.2) is 221 Å². The molecule has 3 saturated heterocycles. The first kappa shape index (κ1) is 78.2. The van der Waals surface area contributed by atoms with Crippen LogP contribution < -0.4 is 85.9 Å². The highest BCUT2D eigenvalue weighted by atomic mass is 33.1. The minimum absolute atomic E-state index is 0.0148. The van der Waals surface area contributed by atoms with Gasteiger partial charge in [0.15, 0.2) is 0 Å². The summed E-state index contributed by atoms with van der Waals surface area (Å²) in [6, 6.07) is -10.9. The van der Waals surface area contributed by atoms with Crippen LogP contribution in [0.5, 0.6) is 5.75 Å². The average molecular weight is 1370 g/mol. The Morgan fingerprint density at radius 2 is 0.989 bits per heavy atom. The molecule has 35 nitrogen and oxygen atoms in total. The molecule has 3 fully saturated rings. The van der Waals surface area contributed by atoms with Crippen molar-refractivity contribution in [3.8, 4) is 5.75 Å². The number of primary amides is 2. The van der Waals surface area contributed by atoms with Crippen LogP contribution in [-0.2, 0) is 87.9 Å². The van der Waals surface area contributed by atoms with E-state index in [9.17, 15) is 81.8 Å². The highest BCUT2D eigenvalue weighted by Gasteiger charge is 2.41. The maximum Gasteiger partial charge on any atom is 0.246 e. The molecule has 0 unspecified atom stereocenters. The lowest BCUT2D eigenvalue weighted by molar-refractivity contribution is -0.142. The first-order chi connectivity index (χ1) is 44.8. The predicted octanol–water partition coefficient (Wildman–Crippen LogP) is -7.06. The first-order valence-electron chi connectivity index (χ1n) is 30.8. The molecule has 3 aliphatic rings. The molecule has 3 aliphatic heterocycles. The lowest BCUT2D eigenvalue weighted by atomic mass is 9.96. The van der Waals surface area contributed by atoms with E-state index in [-0.39, 0.29) is 50.3 Å². The van der Waals surface area contributed by atoms with Gasteiger partial charge in [0.05, 0.1) is 32.6 Å². The fourth-order valence-corrected chi connectivity index (χ4v) is 12.0. The van der Waals surface area contributed by atoms with Crippen LogP contribution in [0, 0.1) is 11.8 Å². The standard InChI is InChI=1S/C58H87N17O18S2/c1-8-28(4)47-57(92)69-34(15-16-41(59)77)52(87)71-37(20-42(60)78)53(88)73-39-26-95-94-25-38(55(90)70-36(54(89)74-47)19-32-11-13-33(76)14-12-32)68-46(82)24-63-50(85)31(7)66-44(80)22-61-48(83)29(5)65-43(79)21-62-49(84)30(6)67-45(81)23-64-51(86)35(18-27(2)3)72-56(91)40-10-9-17-75(40)58(39)93/h11-14,27-31,34-40,47,76H,8-10,15-26H2,1-7H3,(H2,59,77)(H2,60,78)(H,61,83)(H,62,84)(H,63,85)(H,64,86)(H,65,79)(H,66,80)(H,67,81)(H,68,82)(H,69,92)(H,70,90)(H,71,87)(H,72,91)(H,73,88)(H,74,89)/t28-,29+,30-,31-,34-,35-,36-,37-,38-,39+,40-,47-/m0/s1. The average Bonchev–Trinajstić information content (AvgIpc) is 1.72. The van der Waals surface area contributed by atoms with Gasteiger partial charge in [0, 0.05) is 30.9 Å². The third-order valence-corrected chi connectivity index (χ3v) is 17.6. The zero-order valence-electron chi connectivity index (χ0n) is 53.7. The van der Waals surface area contributed by atoms with Crippen molar-refractivity contribution in [3.05, 3.63) is 29.8 Å². The number of hydrogen-bond acceptors (Lipinski definition) is 20. The van der Waals surface area contributed by atoms with Crippen molar-refractivity contribution < 1.29 is 86.6 Å². The van der Waals surface area contributed by atoms with E-state index >= 15 is 4.79 Å². The van der Waals surface area contributed by atoms with Gasteiger partial charge in [-0.2, -0.15) is 0 Å². The second kappa shape index (κ2) is 38.2. The number of aromatic hydroxyl groups is 1. The lowest BCUT2D eigenvalue weighted by Crippen LogP contribution is -2.62. The summed E-state index contributed by atoms with van der Waals surface area (Å²) in [5, 5.41) is 44.3. The molecule has 0 radical (unpaired) electrons. The molecular weight excluding hydrogens is 1290 g/mol. The first-order valence-corrected chi connectivity index (χ1v) is 33.3. The van der Waals surface area contributed by atoms with Gasteiger partial charge in [0.2, 0.25) is 100 Å². The van der Waals surface area contributed by atoms with Crippen LogP contribution in [0.3, 0.4) is 0 Å². The SMILES string of the molecule is CC[C@H](C)[C@@H]1NC(=O)[C@H](Cc2ccc(O)cc2)NC(=O)[C@@H]2CSSC[C@@H](NC(=O)[C@H](CC(N)=O)NC(=O)[C@H](CCC(N)=O)NC1=O)C(=O)N1CCC[C@H]1C(=O)N[C@@H](CC(C)C)C(=O)NCC(=O)N[C@@H](C)C(=O)NCC(=O)N[C@H](C)C(=O)NCC(=O)N[C@@H](C)C(=O)NCC(=O)N2. The number of hydrogen-bond donors (Lipinski definition) is 17. The van der Waals surface area contributed by atoms with E-state index in [2.05, 4.69) is 74.4 Å². The Morgan fingerprint density at radius 3 is 1.49 bits per heavy atom. The summed E-state index contributed by atoms with van der Waals surface area (Å²) >= 11 is 0. The monoisotopic (exact) mass is 1370 g/mol. The number of phenolic OH excluding ortho intramolecular Hbond substituents is 1. The smallest absolute Gasteiger partial charge is 0.246 e. The lowest BCUT2D eigenvalue weighted by Gasteiger charge is -2.31. The summed E-state index contributed by atoms with van der Waals surface area (Å²) in [5.41, 5.74) is 11.4. The van der Waals surface area contributed by atoms with Gasteiger partial charge in [-0.3, -0.25) is 81.5 Å². The van der Waals surface area contributed by atoms with E-state index in [1.807, 2.05) is 0 Å². The number of nitrogens with zero attached hydrogens (tertiary/aromatic N) is 1. The zero-order valence-corrected chi connectivity index (χ0v) is 55.4. The summed E-state index contributed by atoms with van der Waals surface area (Å²) < 4.78 is 0. The molecule has 3 heterocycles. The van der Waals surface area contributed by atoms with Crippen LogP contribution in [0.25, 0.3) is 0 Å². The maximum absolute atomic E-state index is 15.0. The Bertz CT molecular complexity index is 3030. The molecule has 0 aliphatic carbocycles. The number of fused-ring (bicyclic) bond motifs is 6. The molecule has 0 aromatic heterocycles. The Labute approximate surface area is 555 Å². The molecule has 524 valence electrons. The number of nitrogens with one attached hydrogen (secondary N) is 14. The highest BCUT2D eigenvalue weighted by molar-refractivity contribution is 8.76. The number of amides is 17. The van der Waals surface area contributed by atoms with Gasteiger partial charge in [-0.25, -0.2) is 0 Å². The third kappa shape index (κ3) is 26.2. The van der Waals surface area contributed by atoms with Gasteiger partial charge >= 0.3 is 0 Å². The van der Waals surface area contributed by atoms with Crippen molar-refractivity contribution in [2.45, 2.75) is 166 Å². The summed E-state index contributed by atoms with van der Waals surface area (Å²) in [5.74, 6) is -18.1. The fourth-order valence-electron chi connectivity index (χ4n) is 9.71. The quantitative estimate of drug-likeness (QED) is 0.0916. The molecule has 1 aromatic rings. The third-order valence-electron chi connectivity index (χ3n) is 15.2. The number of phenols is 1. The number of carbonyl (C=O) groups is 17. The maximum atomic E-state index is 15.0. The van der Waals surface area contributed by atoms with Gasteiger partial charge < -0.3 is 95.9 Å². The molecule has 17 amide bonds. The van der Waals surface area contributed by atoms with E-state index in [0.717, 1.165) is 26.5 Å². The van der Waals surface area contributed by atoms with Crippen LogP contribution in [0.15, 0.2) is 24.3 Å². The Kier molecular flexibility index (Phi) is 31.4. The summed E-state index contributed by atoms with van der Waals surface area (Å²) in [4.78, 5) is 233. The topological polar surface area (TPSA) is 534 Å². The van der Waals surface area contributed by atoms with Gasteiger partial charge in [-0.1, -0.05) is 67.8 Å². The predicted molar refractivity (Wildman–Crippen MR) is 341 cm³/mol. The van der Waals surface area contributed by atoms with E-state index in [1.54, 1.807) is 27.7 Å². The summed E-state index contributed by atoms with van der Waals surface area (Å²) in [6.07, 6.45) is -1.73. The number of benzene rings is 1. The Morgan fingerprint density at radius 1 is 0.526 bits per heavy atom. The summed E-state index contributed by atoms with van der Waals surface area (Å²) in [7, 11) is 1.68. The number of nitrogens with two attached hydrogens (primary N) is 2. The van der Waals surface area contributed by atoms with E-state index < -0.39 is 230 Å². The molecular formula is C58H87N17O18S2. The largest absolute Gasteiger partial charge is 0.508 e. The Balaban J connectivity index is 1.84. The van der Waals surface area contributed by atoms with E-state index in [4.69, 9.17) is 11.5 Å². The molecule has 1 aromatic carbocycles. The second-order valence-corrected chi connectivity index (χ2v) is 26.0. The summed E-state index contributed by atoms with van der Waals surface area (Å²) in [6.45, 7) is 7.56. The minimum Gasteiger partial charge on any atom is -0.508 e. The van der Waals surface area contributed by atoms with Crippen molar-refractivity contribution in [1.82, 2.24) is 79.3 Å². The molecule has 95 heavy (non-hydrogen) atoms. The fraction of sp³-hybridized carbons (Fsp3) is 0.603. The minimum atomic E-state index is -1.89. The van der Waals surface area contributed by atoms with Crippen LogP contribution >= 0.6 is 21.6 Å².